The third kappa shape index (κ3) is 3.97. The van der Waals surface area contributed by atoms with Crippen molar-refractivity contribution >= 4 is 5.84 Å². The summed E-state index contributed by atoms with van der Waals surface area (Å²) in [7, 11) is 0. The van der Waals surface area contributed by atoms with Gasteiger partial charge in [-0.25, -0.2) is 0 Å². The van der Waals surface area contributed by atoms with Crippen molar-refractivity contribution in [1.29, 1.82) is 0 Å². The standard InChI is InChI=1S/C16H25N3O/c1-3-15(9-12-4-5-12)18-10-14-7-6-13(8-11(14)2)16(17)19-20/h6-8,12,15,18,20H,3-5,9-10H2,1-2H3,(H2,17,19). The summed E-state index contributed by atoms with van der Waals surface area (Å²) in [4.78, 5) is 0. The molecule has 0 heterocycles. The molecule has 20 heavy (non-hydrogen) atoms. The van der Waals surface area contributed by atoms with Crippen LogP contribution in [-0.4, -0.2) is 17.1 Å². The molecule has 1 aliphatic carbocycles. The number of oxime groups is 1. The lowest BCUT2D eigenvalue weighted by molar-refractivity contribution is 0.318. The van der Waals surface area contributed by atoms with Crippen LogP contribution < -0.4 is 11.1 Å². The first-order valence-corrected chi connectivity index (χ1v) is 7.44. The number of hydrogen-bond acceptors (Lipinski definition) is 3. The molecule has 2 rings (SSSR count). The third-order valence-electron chi connectivity index (χ3n) is 4.13. The molecule has 1 aromatic rings. The molecule has 4 heteroatoms. The van der Waals surface area contributed by atoms with E-state index in [1.54, 1.807) is 0 Å². The van der Waals surface area contributed by atoms with Crippen molar-refractivity contribution in [2.45, 2.75) is 52.1 Å². The first-order chi connectivity index (χ1) is 9.63. The van der Waals surface area contributed by atoms with E-state index in [0.29, 0.717) is 6.04 Å². The van der Waals surface area contributed by atoms with Gasteiger partial charge < -0.3 is 16.3 Å². The number of benzene rings is 1. The molecule has 0 spiro atoms. The maximum Gasteiger partial charge on any atom is 0.170 e. The third-order valence-corrected chi connectivity index (χ3v) is 4.13. The monoisotopic (exact) mass is 275 g/mol. The summed E-state index contributed by atoms with van der Waals surface area (Å²) < 4.78 is 0. The molecule has 0 bridgehead atoms. The fourth-order valence-electron chi connectivity index (χ4n) is 2.52. The van der Waals surface area contributed by atoms with E-state index < -0.39 is 0 Å². The van der Waals surface area contributed by atoms with Crippen LogP contribution in [0.2, 0.25) is 0 Å². The van der Waals surface area contributed by atoms with Crippen LogP contribution >= 0.6 is 0 Å². The molecule has 0 radical (unpaired) electrons. The van der Waals surface area contributed by atoms with Crippen molar-refractivity contribution in [2.75, 3.05) is 0 Å². The first-order valence-electron chi connectivity index (χ1n) is 7.44. The van der Waals surface area contributed by atoms with E-state index in [1.807, 2.05) is 12.1 Å². The molecule has 0 amide bonds. The summed E-state index contributed by atoms with van der Waals surface area (Å²) >= 11 is 0. The van der Waals surface area contributed by atoms with Gasteiger partial charge in [-0.2, -0.15) is 0 Å². The molecule has 0 aliphatic heterocycles. The van der Waals surface area contributed by atoms with Crippen molar-refractivity contribution in [2.24, 2.45) is 16.8 Å². The van der Waals surface area contributed by atoms with Crippen LogP contribution in [-0.2, 0) is 6.54 Å². The van der Waals surface area contributed by atoms with Crippen LogP contribution in [0.1, 0.15) is 49.3 Å². The van der Waals surface area contributed by atoms with Gasteiger partial charge in [-0.05, 0) is 42.9 Å². The average molecular weight is 275 g/mol. The highest BCUT2D eigenvalue weighted by atomic mass is 16.4. The number of rotatable bonds is 7. The van der Waals surface area contributed by atoms with Crippen LogP contribution in [0.5, 0.6) is 0 Å². The lowest BCUT2D eigenvalue weighted by Gasteiger charge is -2.18. The summed E-state index contributed by atoms with van der Waals surface area (Å²) in [5, 5.41) is 15.4. The van der Waals surface area contributed by atoms with Crippen molar-refractivity contribution in [3.8, 4) is 0 Å². The Hall–Kier alpha value is -1.55. The van der Waals surface area contributed by atoms with E-state index >= 15 is 0 Å². The molecule has 4 N–H and O–H groups in total. The summed E-state index contributed by atoms with van der Waals surface area (Å²) in [5.74, 6) is 1.12. The Labute approximate surface area is 121 Å². The summed E-state index contributed by atoms with van der Waals surface area (Å²) in [5.41, 5.74) is 8.81. The highest BCUT2D eigenvalue weighted by Gasteiger charge is 2.24. The van der Waals surface area contributed by atoms with E-state index in [0.717, 1.165) is 18.0 Å². The second-order valence-electron chi connectivity index (χ2n) is 5.79. The van der Waals surface area contributed by atoms with Crippen LogP contribution in [0.3, 0.4) is 0 Å². The molecule has 1 saturated carbocycles. The number of nitrogens with two attached hydrogens (primary N) is 1. The molecule has 1 fully saturated rings. The minimum absolute atomic E-state index is 0.160. The minimum Gasteiger partial charge on any atom is -0.409 e. The Bertz CT molecular complexity index is 481. The van der Waals surface area contributed by atoms with Gasteiger partial charge >= 0.3 is 0 Å². The van der Waals surface area contributed by atoms with Gasteiger partial charge in [0.1, 0.15) is 0 Å². The van der Waals surface area contributed by atoms with E-state index in [4.69, 9.17) is 10.9 Å². The Morgan fingerprint density at radius 2 is 2.25 bits per heavy atom. The van der Waals surface area contributed by atoms with E-state index in [9.17, 15) is 0 Å². The summed E-state index contributed by atoms with van der Waals surface area (Å²) in [6.07, 6.45) is 5.30. The smallest absolute Gasteiger partial charge is 0.170 e. The number of hydrogen-bond donors (Lipinski definition) is 3. The van der Waals surface area contributed by atoms with Crippen LogP contribution in [0, 0.1) is 12.8 Å². The Kier molecular flexibility index (Phi) is 5.01. The number of nitrogens with zero attached hydrogens (tertiary/aromatic N) is 1. The predicted octanol–water partition coefficient (Wildman–Crippen LogP) is 2.76. The molecular formula is C16H25N3O. The van der Waals surface area contributed by atoms with Crippen LogP contribution in [0.15, 0.2) is 23.4 Å². The van der Waals surface area contributed by atoms with Gasteiger partial charge in [0, 0.05) is 18.2 Å². The molecule has 1 aliphatic rings. The normalized spacial score (nSPS) is 17.2. The SMILES string of the molecule is CCC(CC1CC1)NCc1ccc(/C(N)=N/O)cc1C. The maximum atomic E-state index is 8.70. The minimum atomic E-state index is 0.160. The number of nitrogens with one attached hydrogen (secondary N) is 1. The van der Waals surface area contributed by atoms with Gasteiger partial charge in [0.25, 0.3) is 0 Å². The molecule has 110 valence electrons. The largest absolute Gasteiger partial charge is 0.409 e. The Morgan fingerprint density at radius 1 is 1.50 bits per heavy atom. The second kappa shape index (κ2) is 6.75. The van der Waals surface area contributed by atoms with E-state index in [2.05, 4.69) is 30.4 Å². The van der Waals surface area contributed by atoms with Gasteiger partial charge in [-0.1, -0.05) is 37.1 Å². The van der Waals surface area contributed by atoms with Gasteiger partial charge in [-0.15, -0.1) is 0 Å². The molecule has 1 unspecified atom stereocenters. The van der Waals surface area contributed by atoms with Crippen molar-refractivity contribution in [3.05, 3.63) is 34.9 Å². The fraction of sp³-hybridized carbons (Fsp3) is 0.562. The average Bonchev–Trinajstić information content (AvgIpc) is 3.27. The zero-order valence-corrected chi connectivity index (χ0v) is 12.4. The van der Waals surface area contributed by atoms with Crippen LogP contribution in [0.25, 0.3) is 0 Å². The molecular weight excluding hydrogens is 250 g/mol. The van der Waals surface area contributed by atoms with Gasteiger partial charge in [0.15, 0.2) is 5.84 Å². The number of amidine groups is 1. The maximum absolute atomic E-state index is 8.70. The molecule has 4 nitrogen and oxygen atoms in total. The highest BCUT2D eigenvalue weighted by Crippen LogP contribution is 2.34. The highest BCUT2D eigenvalue weighted by molar-refractivity contribution is 5.97. The Balaban J connectivity index is 1.94. The van der Waals surface area contributed by atoms with Crippen molar-refractivity contribution < 1.29 is 5.21 Å². The zero-order valence-electron chi connectivity index (χ0n) is 12.4. The van der Waals surface area contributed by atoms with Crippen molar-refractivity contribution in [1.82, 2.24) is 5.32 Å². The predicted molar refractivity (Wildman–Crippen MR) is 81.9 cm³/mol. The summed E-state index contributed by atoms with van der Waals surface area (Å²) in [6.45, 7) is 5.19. The topological polar surface area (TPSA) is 70.6 Å². The van der Waals surface area contributed by atoms with Crippen molar-refractivity contribution in [3.63, 3.8) is 0 Å². The van der Waals surface area contributed by atoms with Gasteiger partial charge in [0.05, 0.1) is 0 Å². The molecule has 0 saturated heterocycles. The lowest BCUT2D eigenvalue weighted by Crippen LogP contribution is -2.28. The van der Waals surface area contributed by atoms with Crippen LogP contribution in [0.4, 0.5) is 0 Å². The summed E-state index contributed by atoms with van der Waals surface area (Å²) in [6, 6.07) is 6.54. The molecule has 1 aromatic carbocycles. The second-order valence-corrected chi connectivity index (χ2v) is 5.79. The molecule has 0 aromatic heterocycles. The van der Waals surface area contributed by atoms with E-state index in [1.165, 1.54) is 36.8 Å². The Morgan fingerprint density at radius 3 is 2.80 bits per heavy atom. The molecule has 1 atom stereocenters. The van der Waals surface area contributed by atoms with E-state index in [-0.39, 0.29) is 5.84 Å². The van der Waals surface area contributed by atoms with Gasteiger partial charge in [0.2, 0.25) is 0 Å². The zero-order chi connectivity index (χ0) is 14.5. The number of aryl methyl sites for hydroxylation is 1. The fourth-order valence-corrected chi connectivity index (χ4v) is 2.52. The quantitative estimate of drug-likeness (QED) is 0.310. The van der Waals surface area contributed by atoms with Gasteiger partial charge in [-0.3, -0.25) is 0 Å². The first kappa shape index (κ1) is 14.9. The lowest BCUT2D eigenvalue weighted by atomic mass is 10.0.